The topological polar surface area (TPSA) is 71.5 Å². The molecular weight excluding hydrogens is 294 g/mol. The Hall–Kier alpha value is -2.89. The third-order valence-corrected chi connectivity index (χ3v) is 3.68. The van der Waals surface area contributed by atoms with E-state index < -0.39 is 0 Å². The maximum absolute atomic E-state index is 12.0. The summed E-state index contributed by atoms with van der Waals surface area (Å²) in [5.41, 5.74) is 1.98. The van der Waals surface area contributed by atoms with Crippen molar-refractivity contribution in [3.63, 3.8) is 0 Å². The lowest BCUT2D eigenvalue weighted by molar-refractivity contribution is -0.118. The number of hydrogen-bond donors (Lipinski definition) is 1. The van der Waals surface area contributed by atoms with Crippen LogP contribution in [0.3, 0.4) is 0 Å². The standard InChI is InChI=1S/C17H17N3O3/c1-20-14-10-12(5-6-15(14)23-9-7-16(20)21)11-19-17(22)13-4-2-3-8-18-13/h2-6,8,10H,7,9,11H2,1H3,(H,19,22). The van der Waals surface area contributed by atoms with Crippen LogP contribution in [0, 0.1) is 0 Å². The highest BCUT2D eigenvalue weighted by Crippen LogP contribution is 2.31. The smallest absolute Gasteiger partial charge is 0.270 e. The normalized spacial score (nSPS) is 13.8. The summed E-state index contributed by atoms with van der Waals surface area (Å²) in [5, 5.41) is 2.82. The zero-order valence-electron chi connectivity index (χ0n) is 12.8. The number of hydrogen-bond acceptors (Lipinski definition) is 4. The van der Waals surface area contributed by atoms with E-state index in [1.807, 2.05) is 18.2 Å². The highest BCUT2D eigenvalue weighted by atomic mass is 16.5. The molecule has 1 aliphatic rings. The molecule has 0 unspecified atom stereocenters. The molecular formula is C17H17N3O3. The predicted molar refractivity (Wildman–Crippen MR) is 85.4 cm³/mol. The van der Waals surface area contributed by atoms with E-state index >= 15 is 0 Å². The second-order valence-electron chi connectivity index (χ2n) is 5.25. The lowest BCUT2D eigenvalue weighted by Crippen LogP contribution is -2.26. The van der Waals surface area contributed by atoms with Crippen LogP contribution in [0.25, 0.3) is 0 Å². The van der Waals surface area contributed by atoms with Gasteiger partial charge in [-0.25, -0.2) is 0 Å². The van der Waals surface area contributed by atoms with Crippen molar-refractivity contribution in [2.75, 3.05) is 18.6 Å². The first kappa shape index (κ1) is 15.0. The van der Waals surface area contributed by atoms with Crippen molar-refractivity contribution < 1.29 is 14.3 Å². The summed E-state index contributed by atoms with van der Waals surface area (Å²) in [6.45, 7) is 0.733. The molecule has 1 N–H and O–H groups in total. The monoisotopic (exact) mass is 311 g/mol. The summed E-state index contributed by atoms with van der Waals surface area (Å²) >= 11 is 0. The molecule has 1 aromatic heterocycles. The first-order chi connectivity index (χ1) is 11.1. The molecule has 0 saturated heterocycles. The number of ether oxygens (including phenoxy) is 1. The van der Waals surface area contributed by atoms with Gasteiger partial charge in [-0.15, -0.1) is 0 Å². The lowest BCUT2D eigenvalue weighted by atomic mass is 10.1. The van der Waals surface area contributed by atoms with Gasteiger partial charge in [0.25, 0.3) is 5.91 Å². The lowest BCUT2D eigenvalue weighted by Gasteiger charge is -2.17. The predicted octanol–water partition coefficient (Wildman–Crippen LogP) is 1.76. The third-order valence-electron chi connectivity index (χ3n) is 3.68. The second-order valence-corrected chi connectivity index (χ2v) is 5.25. The van der Waals surface area contributed by atoms with Gasteiger partial charge in [-0.05, 0) is 29.8 Å². The van der Waals surface area contributed by atoms with Gasteiger partial charge in [0, 0.05) is 19.8 Å². The van der Waals surface area contributed by atoms with Gasteiger partial charge in [0.2, 0.25) is 5.91 Å². The van der Waals surface area contributed by atoms with E-state index in [9.17, 15) is 9.59 Å². The highest BCUT2D eigenvalue weighted by molar-refractivity contribution is 5.95. The van der Waals surface area contributed by atoms with Crippen LogP contribution in [-0.4, -0.2) is 30.5 Å². The Labute approximate surface area is 134 Å². The minimum Gasteiger partial charge on any atom is -0.491 e. The molecule has 6 heteroatoms. The number of nitrogens with one attached hydrogen (secondary N) is 1. The quantitative estimate of drug-likeness (QED) is 0.937. The van der Waals surface area contributed by atoms with Crippen molar-refractivity contribution in [1.29, 1.82) is 0 Å². The summed E-state index contributed by atoms with van der Waals surface area (Å²) in [7, 11) is 1.73. The summed E-state index contributed by atoms with van der Waals surface area (Å²) in [6, 6.07) is 10.7. The number of anilines is 1. The van der Waals surface area contributed by atoms with Gasteiger partial charge in [-0.2, -0.15) is 0 Å². The first-order valence-electron chi connectivity index (χ1n) is 7.36. The Morgan fingerprint density at radius 2 is 2.22 bits per heavy atom. The van der Waals surface area contributed by atoms with Crippen molar-refractivity contribution in [1.82, 2.24) is 10.3 Å². The number of rotatable bonds is 3. The molecule has 2 amide bonds. The number of pyridine rings is 1. The maximum Gasteiger partial charge on any atom is 0.270 e. The van der Waals surface area contributed by atoms with Crippen LogP contribution in [0.5, 0.6) is 5.75 Å². The summed E-state index contributed by atoms with van der Waals surface area (Å²) in [5.74, 6) is 0.456. The third kappa shape index (κ3) is 3.31. The molecule has 1 aromatic carbocycles. The summed E-state index contributed by atoms with van der Waals surface area (Å²) in [4.78, 5) is 29.5. The Balaban J connectivity index is 1.73. The Morgan fingerprint density at radius 1 is 1.35 bits per heavy atom. The highest BCUT2D eigenvalue weighted by Gasteiger charge is 2.20. The van der Waals surface area contributed by atoms with Gasteiger partial charge in [0.15, 0.2) is 0 Å². The molecule has 3 rings (SSSR count). The molecule has 2 aromatic rings. The number of fused-ring (bicyclic) bond motifs is 1. The van der Waals surface area contributed by atoms with Crippen molar-refractivity contribution >= 4 is 17.5 Å². The molecule has 1 aliphatic heterocycles. The number of benzene rings is 1. The fraction of sp³-hybridized carbons (Fsp3) is 0.235. The van der Waals surface area contributed by atoms with Crippen LogP contribution < -0.4 is 15.0 Å². The second kappa shape index (κ2) is 6.48. The van der Waals surface area contributed by atoms with E-state index in [-0.39, 0.29) is 11.8 Å². The van der Waals surface area contributed by atoms with Gasteiger partial charge < -0.3 is 15.0 Å². The van der Waals surface area contributed by atoms with Crippen LogP contribution in [0.2, 0.25) is 0 Å². The number of amides is 2. The minimum absolute atomic E-state index is 0.0124. The number of carbonyl (C=O) groups excluding carboxylic acids is 2. The van der Waals surface area contributed by atoms with Crippen LogP contribution in [0.4, 0.5) is 5.69 Å². The molecule has 0 fully saturated rings. The van der Waals surface area contributed by atoms with Gasteiger partial charge in [-0.3, -0.25) is 14.6 Å². The maximum atomic E-state index is 12.0. The Kier molecular flexibility index (Phi) is 4.23. The molecule has 0 spiro atoms. The van der Waals surface area contributed by atoms with Crippen molar-refractivity contribution in [3.05, 3.63) is 53.9 Å². The van der Waals surface area contributed by atoms with Crippen LogP contribution in [0.15, 0.2) is 42.6 Å². The van der Waals surface area contributed by atoms with Gasteiger partial charge >= 0.3 is 0 Å². The van der Waals surface area contributed by atoms with E-state index in [0.717, 1.165) is 11.3 Å². The van der Waals surface area contributed by atoms with Crippen molar-refractivity contribution in [2.24, 2.45) is 0 Å². The summed E-state index contributed by atoms with van der Waals surface area (Å²) in [6.07, 6.45) is 1.94. The van der Waals surface area contributed by atoms with Gasteiger partial charge in [0.1, 0.15) is 11.4 Å². The zero-order valence-corrected chi connectivity index (χ0v) is 12.8. The molecule has 0 atom stereocenters. The molecule has 0 aliphatic carbocycles. The average Bonchev–Trinajstić information content (AvgIpc) is 2.73. The van der Waals surface area contributed by atoms with Crippen LogP contribution in [-0.2, 0) is 11.3 Å². The molecule has 0 radical (unpaired) electrons. The van der Waals surface area contributed by atoms with Crippen molar-refractivity contribution in [2.45, 2.75) is 13.0 Å². The van der Waals surface area contributed by atoms with E-state index in [1.165, 1.54) is 0 Å². The number of nitrogens with zero attached hydrogens (tertiary/aromatic N) is 2. The van der Waals surface area contributed by atoms with Gasteiger partial charge in [0.05, 0.1) is 18.7 Å². The largest absolute Gasteiger partial charge is 0.491 e. The molecule has 118 valence electrons. The SMILES string of the molecule is CN1C(=O)CCOc2ccc(CNC(=O)c3ccccn3)cc21. The molecule has 23 heavy (non-hydrogen) atoms. The number of aromatic nitrogens is 1. The van der Waals surface area contributed by atoms with Crippen LogP contribution in [0.1, 0.15) is 22.5 Å². The van der Waals surface area contributed by atoms with E-state index in [1.54, 1.807) is 36.3 Å². The van der Waals surface area contributed by atoms with E-state index in [2.05, 4.69) is 10.3 Å². The molecule has 6 nitrogen and oxygen atoms in total. The fourth-order valence-electron chi connectivity index (χ4n) is 2.38. The van der Waals surface area contributed by atoms with E-state index in [0.29, 0.717) is 31.0 Å². The summed E-state index contributed by atoms with van der Waals surface area (Å²) < 4.78 is 5.58. The average molecular weight is 311 g/mol. The fourth-order valence-corrected chi connectivity index (χ4v) is 2.38. The Morgan fingerprint density at radius 3 is 3.00 bits per heavy atom. The van der Waals surface area contributed by atoms with Gasteiger partial charge in [-0.1, -0.05) is 12.1 Å². The van der Waals surface area contributed by atoms with Crippen LogP contribution >= 0.6 is 0 Å². The first-order valence-corrected chi connectivity index (χ1v) is 7.36. The van der Waals surface area contributed by atoms with E-state index in [4.69, 9.17) is 4.74 Å². The minimum atomic E-state index is -0.235. The Bertz CT molecular complexity index is 731. The van der Waals surface area contributed by atoms with Crippen molar-refractivity contribution in [3.8, 4) is 5.75 Å². The molecule has 0 saturated carbocycles. The zero-order chi connectivity index (χ0) is 16.2. The molecule has 0 bridgehead atoms. The number of carbonyl (C=O) groups is 2. The molecule has 2 heterocycles.